The second-order valence-electron chi connectivity index (χ2n) is 8.04. The van der Waals surface area contributed by atoms with E-state index in [4.69, 9.17) is 4.74 Å². The molecule has 1 atom stereocenters. The Kier molecular flexibility index (Phi) is 6.87. The Bertz CT molecular complexity index is 1280. The molecule has 1 aliphatic rings. The van der Waals surface area contributed by atoms with Crippen molar-refractivity contribution in [1.29, 1.82) is 0 Å². The van der Waals surface area contributed by atoms with Crippen LogP contribution in [0.1, 0.15) is 38.8 Å². The van der Waals surface area contributed by atoms with E-state index in [1.165, 1.54) is 12.4 Å². The summed E-state index contributed by atoms with van der Waals surface area (Å²) in [5, 5.41) is 3.15. The van der Waals surface area contributed by atoms with E-state index in [1.54, 1.807) is 36.6 Å². The zero-order valence-corrected chi connectivity index (χ0v) is 19.7. The monoisotopic (exact) mass is 479 g/mol. The number of ether oxygens (including phenoxy) is 1. The van der Waals surface area contributed by atoms with Crippen LogP contribution in [0.3, 0.4) is 0 Å². The van der Waals surface area contributed by atoms with Crippen LogP contribution in [0.4, 0.5) is 21.6 Å². The molecule has 0 bridgehead atoms. The lowest BCUT2D eigenvalue weighted by molar-refractivity contribution is -0.0298. The number of anilines is 3. The molecule has 1 unspecified atom stereocenters. The second-order valence-corrected chi connectivity index (χ2v) is 8.94. The van der Waals surface area contributed by atoms with E-state index in [9.17, 15) is 4.39 Å². The van der Waals surface area contributed by atoms with Gasteiger partial charge in [-0.2, -0.15) is 0 Å². The van der Waals surface area contributed by atoms with Crippen molar-refractivity contribution < 1.29 is 9.13 Å². The summed E-state index contributed by atoms with van der Waals surface area (Å²) in [5.41, 5.74) is 3.84. The maximum atomic E-state index is 14.7. The van der Waals surface area contributed by atoms with Gasteiger partial charge in [0.25, 0.3) is 0 Å². The minimum absolute atomic E-state index is 0.0806. The number of hydrogen-bond acceptors (Lipinski definition) is 8. The number of rotatable bonds is 8. The fraction of sp³-hybridized carbons (Fsp3) is 0.333. The summed E-state index contributed by atoms with van der Waals surface area (Å²) in [6.45, 7) is 2.85. The molecule has 4 heterocycles. The molecule has 1 fully saturated rings. The molecule has 8 nitrogen and oxygen atoms in total. The number of benzene rings is 1. The molecule has 176 valence electrons. The quantitative estimate of drug-likeness (QED) is 0.237. The van der Waals surface area contributed by atoms with Crippen LogP contribution in [0, 0.1) is 5.82 Å². The number of nitrogens with zero attached hydrogens (tertiary/aromatic N) is 5. The highest BCUT2D eigenvalue weighted by Crippen LogP contribution is 2.34. The van der Waals surface area contributed by atoms with Crippen LogP contribution in [0.25, 0.3) is 22.4 Å². The maximum absolute atomic E-state index is 14.7. The van der Waals surface area contributed by atoms with E-state index in [-0.39, 0.29) is 12.0 Å². The van der Waals surface area contributed by atoms with Crippen LogP contribution in [0.5, 0.6) is 0 Å². The van der Waals surface area contributed by atoms with Gasteiger partial charge in [-0.25, -0.2) is 24.3 Å². The first kappa shape index (κ1) is 22.5. The smallest absolute Gasteiger partial charge is 0.165 e. The molecule has 1 aromatic carbocycles. The van der Waals surface area contributed by atoms with Crippen molar-refractivity contribution in [1.82, 2.24) is 24.5 Å². The first-order valence-corrected chi connectivity index (χ1v) is 12.4. The summed E-state index contributed by atoms with van der Waals surface area (Å²) >= 11 is 1.59. The normalized spacial score (nSPS) is 16.0. The van der Waals surface area contributed by atoms with Crippen molar-refractivity contribution in [2.24, 2.45) is 0 Å². The fourth-order valence-corrected chi connectivity index (χ4v) is 4.55. The molecule has 2 N–H and O–H groups in total. The highest BCUT2D eigenvalue weighted by Gasteiger charge is 2.22. The lowest BCUT2D eigenvalue weighted by Gasteiger charge is -2.23. The van der Waals surface area contributed by atoms with Gasteiger partial charge in [0.05, 0.1) is 12.0 Å². The van der Waals surface area contributed by atoms with E-state index in [1.807, 2.05) is 16.7 Å². The van der Waals surface area contributed by atoms with E-state index in [0.29, 0.717) is 33.9 Å². The Morgan fingerprint density at radius 2 is 2.12 bits per heavy atom. The Morgan fingerprint density at radius 1 is 1.18 bits per heavy atom. The summed E-state index contributed by atoms with van der Waals surface area (Å²) in [4.78, 5) is 18.1. The second kappa shape index (κ2) is 10.4. The van der Waals surface area contributed by atoms with E-state index in [0.717, 1.165) is 43.7 Å². The lowest BCUT2D eigenvalue weighted by Crippen LogP contribution is -2.17. The van der Waals surface area contributed by atoms with Gasteiger partial charge in [0, 0.05) is 29.8 Å². The van der Waals surface area contributed by atoms with Crippen LogP contribution < -0.4 is 10.0 Å². The highest BCUT2D eigenvalue weighted by molar-refractivity contribution is 8.00. The van der Waals surface area contributed by atoms with Crippen molar-refractivity contribution in [2.75, 3.05) is 22.4 Å². The molecule has 0 aliphatic carbocycles. The van der Waals surface area contributed by atoms with Crippen molar-refractivity contribution in [3.63, 3.8) is 0 Å². The lowest BCUT2D eigenvalue weighted by atomic mass is 10.1. The number of nitrogens with one attached hydrogen (secondary N) is 2. The largest absolute Gasteiger partial charge is 0.358 e. The molecule has 5 rings (SSSR count). The van der Waals surface area contributed by atoms with E-state index in [2.05, 4.69) is 36.9 Å². The Hall–Kier alpha value is -3.24. The third-order valence-corrected chi connectivity index (χ3v) is 6.60. The van der Waals surface area contributed by atoms with Gasteiger partial charge in [0.15, 0.2) is 5.65 Å². The molecule has 4 aromatic rings. The number of pyridine rings is 1. The number of hydrogen-bond donors (Lipinski definition) is 2. The number of imidazole rings is 1. The molecule has 0 spiro atoms. The van der Waals surface area contributed by atoms with Crippen molar-refractivity contribution >= 4 is 40.3 Å². The number of aromatic nitrogens is 5. The minimum Gasteiger partial charge on any atom is -0.358 e. The molecule has 3 aromatic heterocycles. The molecule has 0 amide bonds. The van der Waals surface area contributed by atoms with Crippen molar-refractivity contribution in [3.05, 3.63) is 55.0 Å². The van der Waals surface area contributed by atoms with Crippen LogP contribution in [-0.4, -0.2) is 36.9 Å². The van der Waals surface area contributed by atoms with Crippen LogP contribution in [0.15, 0.2) is 49.2 Å². The van der Waals surface area contributed by atoms with E-state index < -0.39 is 0 Å². The van der Waals surface area contributed by atoms with E-state index >= 15 is 0 Å². The standard InChI is InChI=1S/C24H26FN7OS/c1-2-12-34-31-16-8-9-18(25)19(13-16)30-23-17(6-5-10-26-23)21-22-24(28-14-27-21)32(15-29-22)20-7-3-4-11-33-20/h5-6,8-10,13-15,20,31H,2-4,7,11-12H2,1H3,(H,26,30). The topological polar surface area (TPSA) is 89.8 Å². The van der Waals surface area contributed by atoms with Gasteiger partial charge in [-0.15, -0.1) is 0 Å². The average Bonchev–Trinajstić information content (AvgIpc) is 3.31. The van der Waals surface area contributed by atoms with Crippen molar-refractivity contribution in [2.45, 2.75) is 38.8 Å². The molecular formula is C24H26FN7OS. The molecule has 1 saturated heterocycles. The SMILES string of the molecule is CCCSNc1ccc(F)c(Nc2ncccc2-c2ncnc3c2ncn3C2CCCCO2)c1. The summed E-state index contributed by atoms with van der Waals surface area (Å²) in [7, 11) is 0. The van der Waals surface area contributed by atoms with Gasteiger partial charge in [0.2, 0.25) is 0 Å². The minimum atomic E-state index is -0.366. The Labute approximate surface area is 201 Å². The van der Waals surface area contributed by atoms with Gasteiger partial charge in [0.1, 0.15) is 35.4 Å². The van der Waals surface area contributed by atoms with Gasteiger partial charge in [-0.05, 0) is 56.0 Å². The molecule has 1 aliphatic heterocycles. The fourth-order valence-electron chi connectivity index (χ4n) is 3.95. The third-order valence-electron chi connectivity index (χ3n) is 5.60. The number of halogens is 1. The summed E-state index contributed by atoms with van der Waals surface area (Å²) in [6.07, 6.45) is 9.01. The van der Waals surface area contributed by atoms with Crippen LogP contribution in [-0.2, 0) is 4.74 Å². The van der Waals surface area contributed by atoms with Gasteiger partial charge in [-0.1, -0.05) is 18.9 Å². The molecule has 10 heteroatoms. The third kappa shape index (κ3) is 4.69. The molecular weight excluding hydrogens is 453 g/mol. The predicted octanol–water partition coefficient (Wildman–Crippen LogP) is 5.94. The predicted molar refractivity (Wildman–Crippen MR) is 133 cm³/mol. The highest BCUT2D eigenvalue weighted by atomic mass is 32.2. The molecule has 0 saturated carbocycles. The van der Waals surface area contributed by atoms with Crippen LogP contribution >= 0.6 is 11.9 Å². The first-order valence-electron chi connectivity index (χ1n) is 11.4. The van der Waals surface area contributed by atoms with Gasteiger partial charge < -0.3 is 14.8 Å². The van der Waals surface area contributed by atoms with Crippen molar-refractivity contribution in [3.8, 4) is 11.3 Å². The maximum Gasteiger partial charge on any atom is 0.165 e. The summed E-state index contributed by atoms with van der Waals surface area (Å²) in [6, 6.07) is 8.61. The van der Waals surface area contributed by atoms with Crippen LogP contribution in [0.2, 0.25) is 0 Å². The van der Waals surface area contributed by atoms with Gasteiger partial charge in [-0.3, -0.25) is 4.57 Å². The molecule has 34 heavy (non-hydrogen) atoms. The summed E-state index contributed by atoms with van der Waals surface area (Å²) in [5.74, 6) is 1.09. The first-order chi connectivity index (χ1) is 16.7. The summed E-state index contributed by atoms with van der Waals surface area (Å²) < 4.78 is 25.8. The van der Waals surface area contributed by atoms with Gasteiger partial charge >= 0.3 is 0 Å². The number of fused-ring (bicyclic) bond motifs is 1. The Balaban J connectivity index is 1.48. The average molecular weight is 480 g/mol. The zero-order valence-electron chi connectivity index (χ0n) is 18.9. The zero-order chi connectivity index (χ0) is 23.3. The Morgan fingerprint density at radius 3 is 2.97 bits per heavy atom. The molecule has 0 radical (unpaired) electrons.